The highest BCUT2D eigenvalue weighted by atomic mass is 32.2. The van der Waals surface area contributed by atoms with Crippen molar-refractivity contribution < 1.29 is 13.9 Å². The van der Waals surface area contributed by atoms with Gasteiger partial charge in [0, 0.05) is 11.3 Å². The Morgan fingerprint density at radius 1 is 1.15 bits per heavy atom. The van der Waals surface area contributed by atoms with E-state index in [-0.39, 0.29) is 24.6 Å². The number of hydrogen-bond acceptors (Lipinski definition) is 3. The lowest BCUT2D eigenvalue weighted by Crippen LogP contribution is -2.14. The third-order valence-corrected chi connectivity index (χ3v) is 3.55. The molecule has 20 heavy (non-hydrogen) atoms. The van der Waals surface area contributed by atoms with Crippen LogP contribution in [0.2, 0.25) is 0 Å². The average Bonchev–Trinajstić information content (AvgIpc) is 2.48. The molecule has 104 valence electrons. The summed E-state index contributed by atoms with van der Waals surface area (Å²) in [6.45, 7) is 0.0228. The maximum absolute atomic E-state index is 12.8. The zero-order chi connectivity index (χ0) is 14.4. The predicted molar refractivity (Wildman–Crippen MR) is 78.8 cm³/mol. The molecule has 0 bridgehead atoms. The van der Waals surface area contributed by atoms with E-state index in [1.165, 1.54) is 12.1 Å². The molecule has 0 aliphatic rings. The minimum atomic E-state index is -0.300. The molecule has 0 radical (unpaired) electrons. The van der Waals surface area contributed by atoms with Gasteiger partial charge < -0.3 is 4.74 Å². The first-order valence-electron chi connectivity index (χ1n) is 6.21. The van der Waals surface area contributed by atoms with E-state index in [2.05, 4.69) is 0 Å². The number of hydrogen-bond donors (Lipinski definition) is 0. The van der Waals surface area contributed by atoms with Crippen molar-refractivity contribution in [2.45, 2.75) is 11.3 Å². The summed E-state index contributed by atoms with van der Waals surface area (Å²) in [5.74, 6) is 0.381. The number of para-hydroxylation sites is 1. The first-order chi connectivity index (χ1) is 9.69. The zero-order valence-electron chi connectivity index (χ0n) is 11.1. The maximum Gasteiger partial charge on any atom is 0.174 e. The van der Waals surface area contributed by atoms with Crippen LogP contribution in [0.25, 0.3) is 0 Å². The third-order valence-electron chi connectivity index (χ3n) is 2.77. The number of rotatable bonds is 6. The topological polar surface area (TPSA) is 26.3 Å². The van der Waals surface area contributed by atoms with Crippen LogP contribution in [0.1, 0.15) is 5.56 Å². The molecular weight excluding hydrogens is 275 g/mol. The van der Waals surface area contributed by atoms with Gasteiger partial charge in [0.25, 0.3) is 0 Å². The second-order valence-electron chi connectivity index (χ2n) is 4.28. The Morgan fingerprint density at radius 3 is 2.55 bits per heavy atom. The summed E-state index contributed by atoms with van der Waals surface area (Å²) in [6, 6.07) is 13.5. The normalized spacial score (nSPS) is 10.3. The van der Waals surface area contributed by atoms with Gasteiger partial charge in [0.05, 0.1) is 0 Å². The number of ketones is 1. The predicted octanol–water partition coefficient (Wildman–Crippen LogP) is 3.74. The largest absolute Gasteiger partial charge is 0.485 e. The fraction of sp³-hybridized carbons (Fsp3) is 0.188. The SMILES string of the molecule is CSc1ccccc1OCC(=O)Cc1ccc(F)cc1. The van der Waals surface area contributed by atoms with E-state index in [0.717, 1.165) is 10.5 Å². The summed E-state index contributed by atoms with van der Waals surface area (Å²) in [5, 5.41) is 0. The summed E-state index contributed by atoms with van der Waals surface area (Å²) in [4.78, 5) is 12.8. The van der Waals surface area contributed by atoms with Crippen molar-refractivity contribution in [3.05, 3.63) is 59.9 Å². The molecule has 0 atom stereocenters. The van der Waals surface area contributed by atoms with Gasteiger partial charge in [-0.25, -0.2) is 4.39 Å². The molecule has 0 aliphatic carbocycles. The molecule has 0 amide bonds. The van der Waals surface area contributed by atoms with E-state index in [9.17, 15) is 9.18 Å². The molecule has 0 spiro atoms. The van der Waals surface area contributed by atoms with Crippen LogP contribution in [0.4, 0.5) is 4.39 Å². The minimum absolute atomic E-state index is 0.0228. The summed E-state index contributed by atoms with van der Waals surface area (Å²) in [6.07, 6.45) is 2.21. The molecule has 0 saturated heterocycles. The number of thioether (sulfide) groups is 1. The van der Waals surface area contributed by atoms with Crippen molar-refractivity contribution in [1.82, 2.24) is 0 Å². The monoisotopic (exact) mass is 290 g/mol. The maximum atomic E-state index is 12.8. The molecule has 2 rings (SSSR count). The molecule has 0 unspecified atom stereocenters. The Kier molecular flexibility index (Phi) is 5.18. The van der Waals surface area contributed by atoms with Gasteiger partial charge in [-0.15, -0.1) is 11.8 Å². The smallest absolute Gasteiger partial charge is 0.174 e. The molecule has 0 saturated carbocycles. The van der Waals surface area contributed by atoms with Crippen LogP contribution >= 0.6 is 11.8 Å². The van der Waals surface area contributed by atoms with Crippen molar-refractivity contribution in [3.63, 3.8) is 0 Å². The Morgan fingerprint density at radius 2 is 1.85 bits per heavy atom. The molecule has 0 heterocycles. The fourth-order valence-electron chi connectivity index (χ4n) is 1.78. The van der Waals surface area contributed by atoms with Crippen molar-refractivity contribution in [2.24, 2.45) is 0 Å². The van der Waals surface area contributed by atoms with Crippen LogP contribution in [0, 0.1) is 5.82 Å². The summed E-state index contributed by atoms with van der Waals surface area (Å²) in [7, 11) is 0. The Hall–Kier alpha value is -1.81. The number of Topliss-reactive ketones (excluding diaryl/α,β-unsaturated/α-hetero) is 1. The average molecular weight is 290 g/mol. The van der Waals surface area contributed by atoms with Gasteiger partial charge in [-0.05, 0) is 36.1 Å². The molecular formula is C16H15FO2S. The summed E-state index contributed by atoms with van der Waals surface area (Å²) < 4.78 is 18.3. The van der Waals surface area contributed by atoms with Gasteiger partial charge in [-0.1, -0.05) is 24.3 Å². The van der Waals surface area contributed by atoms with Crippen molar-refractivity contribution in [3.8, 4) is 5.75 Å². The number of benzene rings is 2. The van der Waals surface area contributed by atoms with Gasteiger partial charge in [0.2, 0.25) is 0 Å². The highest BCUT2D eigenvalue weighted by Crippen LogP contribution is 2.26. The Balaban J connectivity index is 1.90. The number of halogens is 1. The highest BCUT2D eigenvalue weighted by molar-refractivity contribution is 7.98. The van der Waals surface area contributed by atoms with E-state index in [1.54, 1.807) is 23.9 Å². The van der Waals surface area contributed by atoms with Gasteiger partial charge in [-0.3, -0.25) is 4.79 Å². The van der Waals surface area contributed by atoms with Crippen LogP contribution < -0.4 is 4.74 Å². The highest BCUT2D eigenvalue weighted by Gasteiger charge is 2.07. The molecule has 0 aliphatic heterocycles. The van der Waals surface area contributed by atoms with E-state index in [1.807, 2.05) is 30.5 Å². The lowest BCUT2D eigenvalue weighted by atomic mass is 10.1. The fourth-order valence-corrected chi connectivity index (χ4v) is 2.32. The van der Waals surface area contributed by atoms with E-state index in [0.29, 0.717) is 5.75 Å². The molecule has 0 fully saturated rings. The number of ether oxygens (including phenoxy) is 1. The van der Waals surface area contributed by atoms with Crippen molar-refractivity contribution in [2.75, 3.05) is 12.9 Å². The van der Waals surface area contributed by atoms with E-state index < -0.39 is 0 Å². The second kappa shape index (κ2) is 7.10. The summed E-state index contributed by atoms with van der Waals surface area (Å²) >= 11 is 1.57. The summed E-state index contributed by atoms with van der Waals surface area (Å²) in [5.41, 5.74) is 0.790. The standard InChI is InChI=1S/C16H15FO2S/c1-20-16-5-3-2-4-15(16)19-11-14(18)10-12-6-8-13(17)9-7-12/h2-9H,10-11H2,1H3. The lowest BCUT2D eigenvalue weighted by Gasteiger charge is -2.09. The van der Waals surface area contributed by atoms with E-state index in [4.69, 9.17) is 4.74 Å². The quantitative estimate of drug-likeness (QED) is 0.758. The molecule has 2 nitrogen and oxygen atoms in total. The van der Waals surface area contributed by atoms with E-state index >= 15 is 0 Å². The van der Waals surface area contributed by atoms with Gasteiger partial charge in [0.15, 0.2) is 5.78 Å². The Labute approximate surface area is 122 Å². The zero-order valence-corrected chi connectivity index (χ0v) is 12.0. The first kappa shape index (κ1) is 14.6. The lowest BCUT2D eigenvalue weighted by molar-refractivity contribution is -0.120. The van der Waals surface area contributed by atoms with Crippen LogP contribution in [-0.4, -0.2) is 18.6 Å². The van der Waals surface area contributed by atoms with Crippen LogP contribution in [0.15, 0.2) is 53.4 Å². The van der Waals surface area contributed by atoms with Crippen LogP contribution in [0.3, 0.4) is 0 Å². The second-order valence-corrected chi connectivity index (χ2v) is 5.13. The number of carbonyl (C=O) groups excluding carboxylic acids is 1. The van der Waals surface area contributed by atoms with Crippen LogP contribution in [0.5, 0.6) is 5.75 Å². The molecule has 0 N–H and O–H groups in total. The van der Waals surface area contributed by atoms with Gasteiger partial charge >= 0.3 is 0 Å². The van der Waals surface area contributed by atoms with Gasteiger partial charge in [-0.2, -0.15) is 0 Å². The minimum Gasteiger partial charge on any atom is -0.485 e. The molecule has 0 aromatic heterocycles. The van der Waals surface area contributed by atoms with Crippen molar-refractivity contribution in [1.29, 1.82) is 0 Å². The Bertz CT molecular complexity index is 581. The third kappa shape index (κ3) is 4.10. The van der Waals surface area contributed by atoms with Crippen LogP contribution in [-0.2, 0) is 11.2 Å². The molecule has 2 aromatic carbocycles. The first-order valence-corrected chi connectivity index (χ1v) is 7.43. The van der Waals surface area contributed by atoms with Gasteiger partial charge in [0.1, 0.15) is 18.2 Å². The number of carbonyl (C=O) groups is 1. The molecule has 2 aromatic rings. The molecule has 4 heteroatoms. The van der Waals surface area contributed by atoms with Crippen molar-refractivity contribution >= 4 is 17.5 Å².